The van der Waals surface area contributed by atoms with Crippen LogP contribution >= 0.6 is 0 Å². The lowest BCUT2D eigenvalue weighted by Gasteiger charge is -2.36. The zero-order chi connectivity index (χ0) is 18.1. The summed E-state index contributed by atoms with van der Waals surface area (Å²) in [7, 11) is 0. The minimum absolute atomic E-state index is 0.0872. The van der Waals surface area contributed by atoms with Crippen molar-refractivity contribution in [2.45, 2.75) is 13.8 Å². The van der Waals surface area contributed by atoms with E-state index in [-0.39, 0.29) is 11.8 Å². The van der Waals surface area contributed by atoms with Crippen LogP contribution in [0.1, 0.15) is 24.2 Å². The Morgan fingerprint density at radius 2 is 1.68 bits per heavy atom. The first kappa shape index (κ1) is 18.8. The summed E-state index contributed by atoms with van der Waals surface area (Å²) in [4.78, 5) is 32.0. The molecule has 0 spiro atoms. The lowest BCUT2D eigenvalue weighted by molar-refractivity contribution is -0.130. The number of hydrogen-bond donors (Lipinski definition) is 2. The van der Waals surface area contributed by atoms with E-state index in [1.165, 1.54) is 0 Å². The highest BCUT2D eigenvalue weighted by atomic mass is 16.2. The van der Waals surface area contributed by atoms with Crippen molar-refractivity contribution in [2.75, 3.05) is 45.8 Å². The predicted octanol–water partition coefficient (Wildman–Crippen LogP) is 0.546. The predicted molar refractivity (Wildman–Crippen MR) is 98.6 cm³/mol. The average Bonchev–Trinajstić information content (AvgIpc) is 2.65. The highest BCUT2D eigenvalue weighted by Gasteiger charge is 2.20. The van der Waals surface area contributed by atoms with Gasteiger partial charge in [0, 0.05) is 51.8 Å². The third-order valence-electron chi connectivity index (χ3n) is 4.05. The van der Waals surface area contributed by atoms with Gasteiger partial charge >= 0.3 is 0 Å². The summed E-state index contributed by atoms with van der Waals surface area (Å²) in [6.07, 6.45) is 0. The third-order valence-corrected chi connectivity index (χ3v) is 4.05. The fraction of sp³-hybridized carbons (Fsp3) is 0.500. The Morgan fingerprint density at radius 1 is 1.04 bits per heavy atom. The molecule has 0 atom stereocenters. The van der Waals surface area contributed by atoms with Crippen LogP contribution in [-0.4, -0.2) is 73.4 Å². The van der Waals surface area contributed by atoms with Crippen LogP contribution in [0.3, 0.4) is 0 Å². The first-order valence-electron chi connectivity index (χ1n) is 8.74. The number of rotatable bonds is 5. The summed E-state index contributed by atoms with van der Waals surface area (Å²) < 4.78 is 0. The van der Waals surface area contributed by atoms with Gasteiger partial charge in [-0.1, -0.05) is 18.2 Å². The molecule has 2 amide bonds. The van der Waals surface area contributed by atoms with E-state index in [2.05, 4.69) is 20.5 Å². The molecule has 0 aromatic heterocycles. The van der Waals surface area contributed by atoms with Crippen LogP contribution < -0.4 is 10.6 Å². The molecule has 1 aromatic rings. The Labute approximate surface area is 149 Å². The molecular weight excluding hydrogens is 318 g/mol. The molecule has 0 unspecified atom stereocenters. The van der Waals surface area contributed by atoms with Gasteiger partial charge in [-0.25, -0.2) is 0 Å². The number of guanidine groups is 1. The SMILES string of the molecule is CCNC(=NCCNC(=O)c1ccccc1)N1CCN(C(C)=O)CC1. The highest BCUT2D eigenvalue weighted by molar-refractivity contribution is 5.94. The van der Waals surface area contributed by atoms with E-state index in [4.69, 9.17) is 0 Å². The third kappa shape index (κ3) is 5.77. The molecular formula is C18H27N5O2. The average molecular weight is 345 g/mol. The largest absolute Gasteiger partial charge is 0.357 e. The summed E-state index contributed by atoms with van der Waals surface area (Å²) in [5, 5.41) is 6.15. The van der Waals surface area contributed by atoms with Gasteiger partial charge in [-0.05, 0) is 19.1 Å². The van der Waals surface area contributed by atoms with Crippen molar-refractivity contribution in [3.8, 4) is 0 Å². The molecule has 1 aliphatic heterocycles. The van der Waals surface area contributed by atoms with E-state index < -0.39 is 0 Å². The summed E-state index contributed by atoms with van der Waals surface area (Å²) in [6.45, 7) is 8.35. The molecule has 25 heavy (non-hydrogen) atoms. The molecule has 0 aliphatic carbocycles. The van der Waals surface area contributed by atoms with Crippen LogP contribution in [0.5, 0.6) is 0 Å². The van der Waals surface area contributed by atoms with E-state index in [0.717, 1.165) is 25.6 Å². The topological polar surface area (TPSA) is 77.0 Å². The standard InChI is InChI=1S/C18H27N5O2/c1-3-19-18(23-13-11-22(12-14-23)15(2)24)21-10-9-20-17(25)16-7-5-4-6-8-16/h4-8H,3,9-14H2,1-2H3,(H,19,21)(H,20,25). The van der Waals surface area contributed by atoms with Crippen molar-refractivity contribution < 1.29 is 9.59 Å². The number of nitrogens with one attached hydrogen (secondary N) is 2. The van der Waals surface area contributed by atoms with Crippen LogP contribution in [0.2, 0.25) is 0 Å². The van der Waals surface area contributed by atoms with Crippen molar-refractivity contribution in [3.05, 3.63) is 35.9 Å². The number of amides is 2. The van der Waals surface area contributed by atoms with Gasteiger partial charge in [0.2, 0.25) is 5.91 Å². The number of carbonyl (C=O) groups excluding carboxylic acids is 2. The van der Waals surface area contributed by atoms with Crippen LogP contribution in [-0.2, 0) is 4.79 Å². The summed E-state index contributed by atoms with van der Waals surface area (Å²) in [5.74, 6) is 0.862. The summed E-state index contributed by atoms with van der Waals surface area (Å²) >= 11 is 0. The molecule has 1 heterocycles. The number of piperazine rings is 1. The summed E-state index contributed by atoms with van der Waals surface area (Å²) in [6, 6.07) is 9.15. The Bertz CT molecular complexity index is 595. The second kappa shape index (κ2) is 9.66. The second-order valence-corrected chi connectivity index (χ2v) is 5.85. The Hall–Kier alpha value is -2.57. The van der Waals surface area contributed by atoms with Gasteiger partial charge in [0.1, 0.15) is 0 Å². The fourth-order valence-corrected chi connectivity index (χ4v) is 2.68. The molecule has 1 aliphatic rings. The van der Waals surface area contributed by atoms with Crippen LogP contribution in [0.15, 0.2) is 35.3 Å². The van der Waals surface area contributed by atoms with Gasteiger partial charge in [0.05, 0.1) is 6.54 Å². The van der Waals surface area contributed by atoms with Gasteiger partial charge in [-0.2, -0.15) is 0 Å². The van der Waals surface area contributed by atoms with E-state index >= 15 is 0 Å². The van der Waals surface area contributed by atoms with Crippen LogP contribution in [0.4, 0.5) is 0 Å². The second-order valence-electron chi connectivity index (χ2n) is 5.85. The van der Waals surface area contributed by atoms with Crippen LogP contribution in [0.25, 0.3) is 0 Å². The number of nitrogens with zero attached hydrogens (tertiary/aromatic N) is 3. The van der Waals surface area contributed by atoms with E-state index in [1.807, 2.05) is 30.0 Å². The van der Waals surface area contributed by atoms with Crippen molar-refractivity contribution in [3.63, 3.8) is 0 Å². The maximum Gasteiger partial charge on any atom is 0.251 e. The molecule has 0 bridgehead atoms. The Morgan fingerprint density at radius 3 is 2.28 bits per heavy atom. The smallest absolute Gasteiger partial charge is 0.251 e. The number of hydrogen-bond acceptors (Lipinski definition) is 3. The first-order valence-corrected chi connectivity index (χ1v) is 8.74. The van der Waals surface area contributed by atoms with Gasteiger partial charge in [0.15, 0.2) is 5.96 Å². The minimum Gasteiger partial charge on any atom is -0.357 e. The maximum absolute atomic E-state index is 12.0. The molecule has 1 saturated heterocycles. The van der Waals surface area contributed by atoms with Crippen molar-refractivity contribution in [1.82, 2.24) is 20.4 Å². The molecule has 7 heteroatoms. The molecule has 0 saturated carbocycles. The number of benzene rings is 1. The number of aliphatic imine (C=N–C) groups is 1. The normalized spacial score (nSPS) is 15.0. The summed E-state index contributed by atoms with van der Waals surface area (Å²) in [5.41, 5.74) is 0.652. The number of carbonyl (C=O) groups is 2. The monoisotopic (exact) mass is 345 g/mol. The van der Waals surface area contributed by atoms with Crippen molar-refractivity contribution >= 4 is 17.8 Å². The molecule has 1 fully saturated rings. The molecule has 1 aromatic carbocycles. The van der Waals surface area contributed by atoms with Gasteiger partial charge in [-0.15, -0.1) is 0 Å². The lowest BCUT2D eigenvalue weighted by Crippen LogP contribution is -2.53. The highest BCUT2D eigenvalue weighted by Crippen LogP contribution is 2.03. The van der Waals surface area contributed by atoms with Gasteiger partial charge < -0.3 is 20.4 Å². The van der Waals surface area contributed by atoms with Gasteiger partial charge in [0.25, 0.3) is 5.91 Å². The molecule has 2 rings (SSSR count). The zero-order valence-corrected chi connectivity index (χ0v) is 15.0. The molecule has 7 nitrogen and oxygen atoms in total. The molecule has 136 valence electrons. The lowest BCUT2D eigenvalue weighted by atomic mass is 10.2. The fourth-order valence-electron chi connectivity index (χ4n) is 2.68. The van der Waals surface area contributed by atoms with Crippen molar-refractivity contribution in [2.24, 2.45) is 4.99 Å². The first-order chi connectivity index (χ1) is 12.1. The van der Waals surface area contributed by atoms with Crippen molar-refractivity contribution in [1.29, 1.82) is 0 Å². The maximum atomic E-state index is 12.0. The Kier molecular flexibility index (Phi) is 7.25. The zero-order valence-electron chi connectivity index (χ0n) is 15.0. The minimum atomic E-state index is -0.0872. The Balaban J connectivity index is 1.81. The van der Waals surface area contributed by atoms with Crippen LogP contribution in [0, 0.1) is 0 Å². The van der Waals surface area contributed by atoms with Gasteiger partial charge in [-0.3, -0.25) is 14.6 Å². The van der Waals surface area contributed by atoms with E-state index in [9.17, 15) is 9.59 Å². The quantitative estimate of drug-likeness (QED) is 0.464. The molecule has 0 radical (unpaired) electrons. The van der Waals surface area contributed by atoms with E-state index in [1.54, 1.807) is 19.1 Å². The molecule has 2 N–H and O–H groups in total. The van der Waals surface area contributed by atoms with E-state index in [0.29, 0.717) is 31.7 Å².